The summed E-state index contributed by atoms with van der Waals surface area (Å²) in [7, 11) is 0. The molecule has 1 N–H and O–H groups in total. The number of hydrogen-bond donors (Lipinski definition) is 1. The fraction of sp³-hybridized carbons (Fsp3) is 0.438. The Morgan fingerprint density at radius 3 is 2.81 bits per heavy atom. The number of fused-ring (bicyclic) bond motifs is 1. The zero-order chi connectivity index (χ0) is 14.7. The van der Waals surface area contributed by atoms with Crippen LogP contribution in [0.2, 0.25) is 0 Å². The smallest absolute Gasteiger partial charge is 0.258 e. The van der Waals surface area contributed by atoms with Crippen LogP contribution in [-0.2, 0) is 11.2 Å². The number of likely N-dealkylation sites (tertiary alicyclic amines) is 1. The molecule has 2 aromatic rings. The molecular formula is C16H19N3O2. The van der Waals surface area contributed by atoms with E-state index in [2.05, 4.69) is 9.97 Å². The predicted octanol–water partition coefficient (Wildman–Crippen LogP) is 1.87. The maximum Gasteiger partial charge on any atom is 0.258 e. The summed E-state index contributed by atoms with van der Waals surface area (Å²) in [4.78, 5) is 33.1. The fourth-order valence-corrected chi connectivity index (χ4v) is 2.78. The molecule has 0 spiro atoms. The van der Waals surface area contributed by atoms with Crippen molar-refractivity contribution in [1.29, 1.82) is 0 Å². The van der Waals surface area contributed by atoms with Crippen LogP contribution in [0.4, 0.5) is 0 Å². The molecular weight excluding hydrogens is 266 g/mol. The van der Waals surface area contributed by atoms with Gasteiger partial charge in [-0.15, -0.1) is 0 Å². The van der Waals surface area contributed by atoms with E-state index in [4.69, 9.17) is 0 Å². The molecule has 0 saturated carbocycles. The van der Waals surface area contributed by atoms with E-state index in [1.165, 1.54) is 0 Å². The van der Waals surface area contributed by atoms with Crippen molar-refractivity contribution >= 4 is 16.8 Å². The molecule has 5 nitrogen and oxygen atoms in total. The number of nitrogens with zero attached hydrogens (tertiary/aromatic N) is 2. The summed E-state index contributed by atoms with van der Waals surface area (Å²) >= 11 is 0. The molecule has 1 aliphatic heterocycles. The summed E-state index contributed by atoms with van der Waals surface area (Å²) in [6.07, 6.45) is 4.10. The highest BCUT2D eigenvalue weighted by atomic mass is 16.2. The van der Waals surface area contributed by atoms with Crippen LogP contribution in [0.1, 0.15) is 31.5 Å². The van der Waals surface area contributed by atoms with Crippen LogP contribution in [0.25, 0.3) is 10.9 Å². The van der Waals surface area contributed by atoms with Gasteiger partial charge >= 0.3 is 0 Å². The molecule has 1 saturated heterocycles. The first-order chi connectivity index (χ1) is 10.2. The molecule has 0 radical (unpaired) electrons. The quantitative estimate of drug-likeness (QED) is 0.932. The second-order valence-corrected chi connectivity index (χ2v) is 5.47. The van der Waals surface area contributed by atoms with Crippen molar-refractivity contribution in [2.75, 3.05) is 13.1 Å². The second kappa shape index (κ2) is 6.08. The van der Waals surface area contributed by atoms with Gasteiger partial charge in [-0.1, -0.05) is 12.1 Å². The van der Waals surface area contributed by atoms with Crippen molar-refractivity contribution in [2.45, 2.75) is 32.1 Å². The number of rotatable bonds is 4. The van der Waals surface area contributed by atoms with Gasteiger partial charge in [-0.05, 0) is 31.4 Å². The largest absolute Gasteiger partial charge is 0.343 e. The molecule has 1 aromatic carbocycles. The summed E-state index contributed by atoms with van der Waals surface area (Å²) in [5.74, 6) is 0.878. The molecule has 5 heteroatoms. The molecule has 1 fully saturated rings. The molecule has 0 aliphatic carbocycles. The number of nitrogens with one attached hydrogen (secondary N) is 1. The Morgan fingerprint density at radius 2 is 2.00 bits per heavy atom. The van der Waals surface area contributed by atoms with Crippen LogP contribution in [0.3, 0.4) is 0 Å². The maximum atomic E-state index is 11.9. The lowest BCUT2D eigenvalue weighted by atomic mass is 10.2. The number of carbonyl (C=O) groups is 1. The highest BCUT2D eigenvalue weighted by Crippen LogP contribution is 2.11. The van der Waals surface area contributed by atoms with E-state index < -0.39 is 0 Å². The highest BCUT2D eigenvalue weighted by molar-refractivity contribution is 5.77. The SMILES string of the molecule is O=C(CCCc1nc2ccccc2c(=O)[nH]1)N1CCCC1. The lowest BCUT2D eigenvalue weighted by molar-refractivity contribution is -0.130. The zero-order valence-electron chi connectivity index (χ0n) is 12.0. The van der Waals surface area contributed by atoms with Crippen LogP contribution in [-0.4, -0.2) is 33.9 Å². The number of benzene rings is 1. The van der Waals surface area contributed by atoms with E-state index >= 15 is 0 Å². The van der Waals surface area contributed by atoms with E-state index in [1.54, 1.807) is 6.07 Å². The average molecular weight is 285 g/mol. The summed E-state index contributed by atoms with van der Waals surface area (Å²) in [6, 6.07) is 7.30. The Morgan fingerprint density at radius 1 is 1.24 bits per heavy atom. The van der Waals surface area contributed by atoms with Crippen molar-refractivity contribution in [3.8, 4) is 0 Å². The lowest BCUT2D eigenvalue weighted by Gasteiger charge is -2.14. The summed E-state index contributed by atoms with van der Waals surface area (Å²) < 4.78 is 0. The first-order valence-electron chi connectivity index (χ1n) is 7.50. The number of amides is 1. The molecule has 1 aromatic heterocycles. The first-order valence-corrected chi connectivity index (χ1v) is 7.50. The van der Waals surface area contributed by atoms with E-state index in [9.17, 15) is 9.59 Å². The van der Waals surface area contributed by atoms with Gasteiger partial charge in [-0.2, -0.15) is 0 Å². The van der Waals surface area contributed by atoms with Gasteiger partial charge in [0, 0.05) is 25.9 Å². The molecule has 2 heterocycles. The van der Waals surface area contributed by atoms with Crippen LogP contribution in [0.5, 0.6) is 0 Å². The van der Waals surface area contributed by atoms with Gasteiger partial charge in [0.15, 0.2) is 0 Å². The van der Waals surface area contributed by atoms with Crippen LogP contribution < -0.4 is 5.56 Å². The van der Waals surface area contributed by atoms with Crippen molar-refractivity contribution in [1.82, 2.24) is 14.9 Å². The molecule has 0 unspecified atom stereocenters. The number of aryl methyl sites for hydroxylation is 1. The molecule has 1 aliphatic rings. The third-order valence-corrected chi connectivity index (χ3v) is 3.92. The van der Waals surface area contributed by atoms with Gasteiger partial charge in [-0.25, -0.2) is 4.98 Å². The number of aromatic amines is 1. The normalized spacial score (nSPS) is 14.8. The summed E-state index contributed by atoms with van der Waals surface area (Å²) in [5.41, 5.74) is 0.601. The van der Waals surface area contributed by atoms with E-state index in [1.807, 2.05) is 23.1 Å². The van der Waals surface area contributed by atoms with Gasteiger partial charge in [0.25, 0.3) is 5.56 Å². The highest BCUT2D eigenvalue weighted by Gasteiger charge is 2.17. The average Bonchev–Trinajstić information content (AvgIpc) is 3.01. The Kier molecular flexibility index (Phi) is 3.99. The standard InChI is InChI=1S/C16H19N3O2/c20-15(19-10-3-4-11-19)9-5-8-14-17-13-7-2-1-6-12(13)16(21)18-14/h1-2,6-7H,3-5,8-11H2,(H,17,18,21). The van der Waals surface area contributed by atoms with Gasteiger partial charge in [0.2, 0.25) is 5.91 Å². The van der Waals surface area contributed by atoms with Crippen LogP contribution in [0, 0.1) is 0 Å². The minimum absolute atomic E-state index is 0.110. The number of para-hydroxylation sites is 1. The predicted molar refractivity (Wildman–Crippen MR) is 81.1 cm³/mol. The van der Waals surface area contributed by atoms with E-state index in [-0.39, 0.29) is 11.5 Å². The topological polar surface area (TPSA) is 66.1 Å². The molecule has 0 bridgehead atoms. The van der Waals surface area contributed by atoms with E-state index in [0.29, 0.717) is 29.6 Å². The molecule has 3 rings (SSSR count). The molecule has 1 amide bonds. The van der Waals surface area contributed by atoms with Gasteiger partial charge < -0.3 is 9.88 Å². The van der Waals surface area contributed by atoms with Crippen LogP contribution >= 0.6 is 0 Å². The lowest BCUT2D eigenvalue weighted by Crippen LogP contribution is -2.27. The van der Waals surface area contributed by atoms with Crippen molar-refractivity contribution < 1.29 is 4.79 Å². The second-order valence-electron chi connectivity index (χ2n) is 5.47. The number of aromatic nitrogens is 2. The molecule has 0 atom stereocenters. The van der Waals surface area contributed by atoms with Crippen molar-refractivity contribution in [3.63, 3.8) is 0 Å². The number of hydrogen-bond acceptors (Lipinski definition) is 3. The van der Waals surface area contributed by atoms with Crippen molar-refractivity contribution in [2.24, 2.45) is 0 Å². The van der Waals surface area contributed by atoms with Gasteiger partial charge in [0.1, 0.15) is 5.82 Å². The zero-order valence-corrected chi connectivity index (χ0v) is 12.0. The Labute approximate surface area is 123 Å². The van der Waals surface area contributed by atoms with Crippen LogP contribution in [0.15, 0.2) is 29.1 Å². The number of H-pyrrole nitrogens is 1. The third kappa shape index (κ3) is 3.12. The molecule has 21 heavy (non-hydrogen) atoms. The fourth-order valence-electron chi connectivity index (χ4n) is 2.78. The van der Waals surface area contributed by atoms with Gasteiger partial charge in [0.05, 0.1) is 10.9 Å². The minimum atomic E-state index is -0.110. The Bertz CT molecular complexity index is 702. The monoisotopic (exact) mass is 285 g/mol. The van der Waals surface area contributed by atoms with Gasteiger partial charge in [-0.3, -0.25) is 9.59 Å². The third-order valence-electron chi connectivity index (χ3n) is 3.92. The minimum Gasteiger partial charge on any atom is -0.343 e. The number of carbonyl (C=O) groups excluding carboxylic acids is 1. The molecule has 110 valence electrons. The summed E-state index contributed by atoms with van der Waals surface area (Å²) in [5, 5.41) is 0.606. The first kappa shape index (κ1) is 13.8. The summed E-state index contributed by atoms with van der Waals surface area (Å²) in [6.45, 7) is 1.79. The Balaban J connectivity index is 1.63. The van der Waals surface area contributed by atoms with E-state index in [0.717, 1.165) is 32.4 Å². The van der Waals surface area contributed by atoms with Crippen molar-refractivity contribution in [3.05, 3.63) is 40.4 Å². The maximum absolute atomic E-state index is 11.9. The Hall–Kier alpha value is -2.17.